The van der Waals surface area contributed by atoms with E-state index in [9.17, 15) is 14.7 Å². The third-order valence-corrected chi connectivity index (χ3v) is 7.74. The molecule has 11 nitrogen and oxygen atoms in total. The zero-order chi connectivity index (χ0) is 29.1. The lowest BCUT2D eigenvalue weighted by Gasteiger charge is -2.28. The van der Waals surface area contributed by atoms with Crippen LogP contribution >= 0.6 is 11.6 Å². The number of hydrogen-bond donors (Lipinski definition) is 3. The Labute approximate surface area is 243 Å². The van der Waals surface area contributed by atoms with Crippen LogP contribution in [0.1, 0.15) is 54.2 Å². The highest BCUT2D eigenvalue weighted by molar-refractivity contribution is 6.33. The van der Waals surface area contributed by atoms with Crippen molar-refractivity contribution in [2.24, 2.45) is 0 Å². The van der Waals surface area contributed by atoms with E-state index in [2.05, 4.69) is 25.6 Å². The van der Waals surface area contributed by atoms with E-state index in [1.165, 1.54) is 12.0 Å². The zero-order valence-corrected chi connectivity index (χ0v) is 23.9. The quantitative estimate of drug-likeness (QED) is 0.347. The van der Waals surface area contributed by atoms with Gasteiger partial charge in [0.25, 0.3) is 5.91 Å². The summed E-state index contributed by atoms with van der Waals surface area (Å²) in [5, 5.41) is 17.0. The number of aromatic nitrogens is 3. The maximum absolute atomic E-state index is 13.5. The summed E-state index contributed by atoms with van der Waals surface area (Å²) in [6.07, 6.45) is 3.94. The van der Waals surface area contributed by atoms with Gasteiger partial charge in [-0.25, -0.2) is 15.0 Å². The minimum Gasteiger partial charge on any atom is -0.481 e. The fourth-order valence-electron chi connectivity index (χ4n) is 5.07. The molecule has 0 radical (unpaired) electrons. The van der Waals surface area contributed by atoms with Gasteiger partial charge in [0.1, 0.15) is 6.04 Å². The first kappa shape index (κ1) is 28.7. The number of anilines is 1. The van der Waals surface area contributed by atoms with Crippen LogP contribution in [0, 0.1) is 0 Å². The van der Waals surface area contributed by atoms with Crippen LogP contribution in [0.15, 0.2) is 42.7 Å². The predicted octanol–water partition coefficient (Wildman–Crippen LogP) is 3.37. The number of nitrogens with zero attached hydrogens (tertiary/aromatic N) is 4. The second-order valence-electron chi connectivity index (χ2n) is 10.3. The number of carbonyl (C=O) groups is 2. The highest BCUT2D eigenvalue weighted by Crippen LogP contribution is 2.33. The van der Waals surface area contributed by atoms with Gasteiger partial charge in [0, 0.05) is 49.2 Å². The number of ether oxygens (including phenoxy) is 2. The number of benzene rings is 1. The molecule has 1 aromatic carbocycles. The Morgan fingerprint density at radius 2 is 1.98 bits per heavy atom. The highest BCUT2D eigenvalue weighted by Gasteiger charge is 2.35. The van der Waals surface area contributed by atoms with Crippen LogP contribution in [0.5, 0.6) is 5.88 Å². The van der Waals surface area contributed by atoms with E-state index in [1.54, 1.807) is 44.4 Å². The molecule has 2 amide bonds. The summed E-state index contributed by atoms with van der Waals surface area (Å²) in [5.41, 5.74) is 3.13. The Hall–Kier alpha value is -3.80. The fourth-order valence-corrected chi connectivity index (χ4v) is 5.28. The molecule has 4 heterocycles. The van der Waals surface area contributed by atoms with Crippen LogP contribution in [0.3, 0.4) is 0 Å². The monoisotopic (exact) mass is 580 g/mol. The van der Waals surface area contributed by atoms with E-state index >= 15 is 0 Å². The molecule has 3 atom stereocenters. The summed E-state index contributed by atoms with van der Waals surface area (Å²) < 4.78 is 10.6. The largest absolute Gasteiger partial charge is 0.481 e. The van der Waals surface area contributed by atoms with Gasteiger partial charge in [-0.15, -0.1) is 0 Å². The summed E-state index contributed by atoms with van der Waals surface area (Å²) in [6.45, 7) is 4.91. The molecule has 2 aliphatic rings. The summed E-state index contributed by atoms with van der Waals surface area (Å²) in [7, 11) is 1.49. The SMILES string of the molecule is COc1cc(C(NC(=O)C(C)N2Cc3ccc(-c4nc(NC5CCOCC5)ncc4Cl)cc3C2=O)C(C)O)ccn1. The zero-order valence-electron chi connectivity index (χ0n) is 23.1. The smallest absolute Gasteiger partial charge is 0.255 e. The summed E-state index contributed by atoms with van der Waals surface area (Å²) in [4.78, 5) is 41.3. The standard InChI is InChI=1S/C29H33ClN6O5/c1-16(27(38)34-25(17(2)37)19-6-9-31-24(13-19)40-3)36-15-20-5-4-18(12-22(20)28(36)39)26-23(30)14-32-29(35-26)33-21-7-10-41-11-8-21/h4-6,9,12-14,16-17,21,25,37H,7-8,10-11,15H2,1-3H3,(H,34,38)(H,32,33,35). The van der Waals surface area contributed by atoms with Gasteiger partial charge < -0.3 is 30.1 Å². The fraction of sp³-hybridized carbons (Fsp3) is 0.414. The Bertz CT molecular complexity index is 1430. The number of amides is 2. The van der Waals surface area contributed by atoms with Crippen LogP contribution in [0.4, 0.5) is 5.95 Å². The molecule has 2 aromatic heterocycles. The molecule has 1 saturated heterocycles. The highest BCUT2D eigenvalue weighted by atomic mass is 35.5. The van der Waals surface area contributed by atoms with Crippen molar-refractivity contribution >= 4 is 29.4 Å². The first-order valence-corrected chi connectivity index (χ1v) is 13.9. The van der Waals surface area contributed by atoms with E-state index < -0.39 is 24.1 Å². The molecule has 0 aliphatic carbocycles. The number of methoxy groups -OCH3 is 1. The molecule has 216 valence electrons. The van der Waals surface area contributed by atoms with Crippen molar-refractivity contribution in [2.75, 3.05) is 25.6 Å². The normalized spacial score (nSPS) is 17.5. The van der Waals surface area contributed by atoms with Crippen molar-refractivity contribution in [3.05, 3.63) is 64.4 Å². The minimum absolute atomic E-state index is 0.217. The molecule has 3 N–H and O–H groups in total. The Balaban J connectivity index is 1.31. The van der Waals surface area contributed by atoms with Gasteiger partial charge in [-0.1, -0.05) is 23.7 Å². The number of rotatable bonds is 9. The Kier molecular flexibility index (Phi) is 8.67. The van der Waals surface area contributed by atoms with Crippen LogP contribution in [-0.2, 0) is 16.1 Å². The molecule has 3 unspecified atom stereocenters. The molecule has 2 aliphatic heterocycles. The average molecular weight is 581 g/mol. The number of hydrogen-bond acceptors (Lipinski definition) is 9. The minimum atomic E-state index is -0.893. The number of fused-ring (bicyclic) bond motifs is 1. The molecule has 0 bridgehead atoms. The van der Waals surface area contributed by atoms with Gasteiger partial charge in [-0.3, -0.25) is 9.59 Å². The van der Waals surface area contributed by atoms with Gasteiger partial charge >= 0.3 is 0 Å². The number of carbonyl (C=O) groups excluding carboxylic acids is 2. The van der Waals surface area contributed by atoms with Crippen LogP contribution in [-0.4, -0.2) is 75.3 Å². The number of halogens is 1. The van der Waals surface area contributed by atoms with Crippen LogP contribution in [0.25, 0.3) is 11.3 Å². The van der Waals surface area contributed by atoms with Crippen molar-refractivity contribution < 1.29 is 24.2 Å². The van der Waals surface area contributed by atoms with Crippen LogP contribution < -0.4 is 15.4 Å². The van der Waals surface area contributed by atoms with Crippen molar-refractivity contribution in [3.63, 3.8) is 0 Å². The molecule has 41 heavy (non-hydrogen) atoms. The van der Waals surface area contributed by atoms with Crippen molar-refractivity contribution in [1.82, 2.24) is 25.2 Å². The molecular weight excluding hydrogens is 548 g/mol. The average Bonchev–Trinajstić information content (AvgIpc) is 3.32. The lowest BCUT2D eigenvalue weighted by Crippen LogP contribution is -2.47. The van der Waals surface area contributed by atoms with E-state index in [0.29, 0.717) is 52.4 Å². The summed E-state index contributed by atoms with van der Waals surface area (Å²) in [6, 6.07) is 7.56. The first-order chi connectivity index (χ1) is 19.7. The number of pyridine rings is 1. The van der Waals surface area contributed by atoms with E-state index in [-0.39, 0.29) is 18.5 Å². The van der Waals surface area contributed by atoms with Gasteiger partial charge in [0.2, 0.25) is 17.7 Å². The Morgan fingerprint density at radius 1 is 1.20 bits per heavy atom. The predicted molar refractivity (Wildman–Crippen MR) is 153 cm³/mol. The summed E-state index contributed by atoms with van der Waals surface area (Å²) in [5.74, 6) is 0.173. The molecule has 0 spiro atoms. The molecule has 3 aromatic rings. The van der Waals surface area contributed by atoms with E-state index in [4.69, 9.17) is 21.1 Å². The molecule has 5 rings (SSSR count). The third kappa shape index (κ3) is 6.27. The van der Waals surface area contributed by atoms with Crippen molar-refractivity contribution in [2.45, 2.75) is 57.5 Å². The van der Waals surface area contributed by atoms with E-state index in [1.807, 2.05) is 12.1 Å². The number of nitrogens with one attached hydrogen (secondary N) is 2. The molecular formula is C29H33ClN6O5. The lowest BCUT2D eigenvalue weighted by atomic mass is 10.0. The maximum atomic E-state index is 13.5. The van der Waals surface area contributed by atoms with Gasteiger partial charge in [0.05, 0.1) is 36.2 Å². The molecule has 0 saturated carbocycles. The van der Waals surface area contributed by atoms with E-state index in [0.717, 1.165) is 18.4 Å². The topological polar surface area (TPSA) is 139 Å². The van der Waals surface area contributed by atoms with Crippen molar-refractivity contribution in [3.8, 4) is 17.1 Å². The molecule has 1 fully saturated rings. The first-order valence-electron chi connectivity index (χ1n) is 13.5. The Morgan fingerprint density at radius 3 is 2.71 bits per heavy atom. The number of aliphatic hydroxyl groups is 1. The third-order valence-electron chi connectivity index (χ3n) is 7.47. The summed E-state index contributed by atoms with van der Waals surface area (Å²) >= 11 is 6.47. The maximum Gasteiger partial charge on any atom is 0.255 e. The number of aliphatic hydroxyl groups excluding tert-OH is 1. The second-order valence-corrected chi connectivity index (χ2v) is 10.7. The second kappa shape index (κ2) is 12.4. The van der Waals surface area contributed by atoms with Gasteiger partial charge in [0.15, 0.2) is 0 Å². The van der Waals surface area contributed by atoms with Gasteiger partial charge in [-0.05, 0) is 49.9 Å². The van der Waals surface area contributed by atoms with Crippen LogP contribution in [0.2, 0.25) is 5.02 Å². The van der Waals surface area contributed by atoms with Gasteiger partial charge in [-0.2, -0.15) is 0 Å². The lowest BCUT2D eigenvalue weighted by molar-refractivity contribution is -0.126. The molecule has 12 heteroatoms. The van der Waals surface area contributed by atoms with Crippen molar-refractivity contribution in [1.29, 1.82) is 0 Å².